The SMILES string of the molecule is CCCCOc1ccc(/C(O)=C2\C(=O)C(=O)N(CCN(C)C)C2c2cccnc2)cc1C. The van der Waals surface area contributed by atoms with Crippen molar-refractivity contribution in [1.29, 1.82) is 0 Å². The Labute approximate surface area is 189 Å². The highest BCUT2D eigenvalue weighted by molar-refractivity contribution is 6.46. The molecule has 1 aliphatic rings. The van der Waals surface area contributed by atoms with E-state index in [0.29, 0.717) is 30.8 Å². The van der Waals surface area contributed by atoms with Crippen molar-refractivity contribution < 1.29 is 19.4 Å². The quantitative estimate of drug-likeness (QED) is 0.280. The number of ketones is 1. The number of rotatable bonds is 9. The first-order valence-corrected chi connectivity index (χ1v) is 10.9. The molecule has 1 amide bonds. The molecule has 2 heterocycles. The number of likely N-dealkylation sites (N-methyl/N-ethyl adjacent to an activating group) is 1. The maximum absolute atomic E-state index is 13.0. The standard InChI is InChI=1S/C25H31N3O4/c1-5-6-14-32-20-10-9-18(15-17(20)2)23(29)21-22(19-8-7-11-26-16-19)28(13-12-27(3)4)25(31)24(21)30/h7-11,15-16,22,29H,5-6,12-14H2,1-4H3/b23-21+. The van der Waals surface area contributed by atoms with E-state index in [0.717, 1.165) is 24.2 Å². The molecule has 1 aliphatic heterocycles. The number of carbonyl (C=O) groups excluding carboxylic acids is 2. The third-order valence-electron chi connectivity index (χ3n) is 5.53. The van der Waals surface area contributed by atoms with Crippen LogP contribution in [0.5, 0.6) is 5.75 Å². The topological polar surface area (TPSA) is 83.0 Å². The van der Waals surface area contributed by atoms with Crippen LogP contribution in [0.15, 0.2) is 48.3 Å². The molecular formula is C25H31N3O4. The van der Waals surface area contributed by atoms with Crippen molar-refractivity contribution in [2.24, 2.45) is 0 Å². The van der Waals surface area contributed by atoms with E-state index in [1.165, 1.54) is 4.90 Å². The highest BCUT2D eigenvalue weighted by Gasteiger charge is 2.46. The van der Waals surface area contributed by atoms with Gasteiger partial charge >= 0.3 is 0 Å². The molecule has 1 atom stereocenters. The molecule has 3 rings (SSSR count). The number of pyridine rings is 1. The zero-order valence-electron chi connectivity index (χ0n) is 19.2. The van der Waals surface area contributed by atoms with E-state index in [9.17, 15) is 14.7 Å². The van der Waals surface area contributed by atoms with Crippen LogP contribution in [0.1, 0.15) is 42.5 Å². The first-order chi connectivity index (χ1) is 15.3. The second kappa shape index (κ2) is 10.4. The molecule has 170 valence electrons. The summed E-state index contributed by atoms with van der Waals surface area (Å²) < 4.78 is 5.80. The third kappa shape index (κ3) is 4.99. The highest BCUT2D eigenvalue weighted by atomic mass is 16.5. The zero-order chi connectivity index (χ0) is 23.3. The molecule has 0 bridgehead atoms. The fraction of sp³-hybridized carbons (Fsp3) is 0.400. The van der Waals surface area contributed by atoms with Crippen LogP contribution < -0.4 is 4.74 Å². The van der Waals surface area contributed by atoms with E-state index in [-0.39, 0.29) is 11.3 Å². The lowest BCUT2D eigenvalue weighted by atomic mass is 9.95. The molecule has 1 saturated heterocycles. The van der Waals surface area contributed by atoms with Crippen molar-refractivity contribution in [3.8, 4) is 5.75 Å². The van der Waals surface area contributed by atoms with Gasteiger partial charge in [0.25, 0.3) is 11.7 Å². The number of nitrogens with zero attached hydrogens (tertiary/aromatic N) is 3. The molecule has 1 fully saturated rings. The number of aromatic nitrogens is 1. The van der Waals surface area contributed by atoms with Gasteiger partial charge in [0.05, 0.1) is 18.2 Å². The molecule has 2 aromatic rings. The van der Waals surface area contributed by atoms with Gasteiger partial charge in [-0.25, -0.2) is 0 Å². The summed E-state index contributed by atoms with van der Waals surface area (Å²) >= 11 is 0. The molecule has 0 saturated carbocycles. The molecule has 7 heteroatoms. The van der Waals surface area contributed by atoms with Gasteiger partial charge < -0.3 is 19.6 Å². The largest absolute Gasteiger partial charge is 0.507 e. The fourth-order valence-electron chi connectivity index (χ4n) is 3.74. The molecule has 1 unspecified atom stereocenters. The Morgan fingerprint density at radius 2 is 2.03 bits per heavy atom. The summed E-state index contributed by atoms with van der Waals surface area (Å²) in [5.74, 6) is -0.743. The van der Waals surface area contributed by atoms with Crippen LogP contribution >= 0.6 is 0 Å². The summed E-state index contributed by atoms with van der Waals surface area (Å²) in [6.07, 6.45) is 5.27. The van der Waals surface area contributed by atoms with Gasteiger partial charge in [0.15, 0.2) is 0 Å². The Hall–Kier alpha value is -3.19. The Bertz CT molecular complexity index is 1000. The fourth-order valence-corrected chi connectivity index (χ4v) is 3.74. The summed E-state index contributed by atoms with van der Waals surface area (Å²) in [7, 11) is 3.81. The van der Waals surface area contributed by atoms with Crippen molar-refractivity contribution in [3.63, 3.8) is 0 Å². The number of hydrogen-bond acceptors (Lipinski definition) is 6. The molecule has 7 nitrogen and oxygen atoms in total. The number of benzene rings is 1. The smallest absolute Gasteiger partial charge is 0.295 e. The summed E-state index contributed by atoms with van der Waals surface area (Å²) in [5.41, 5.74) is 2.10. The van der Waals surface area contributed by atoms with Gasteiger partial charge in [-0.15, -0.1) is 0 Å². The third-order valence-corrected chi connectivity index (χ3v) is 5.53. The Morgan fingerprint density at radius 3 is 2.66 bits per heavy atom. The van der Waals surface area contributed by atoms with Crippen LogP contribution in [0.4, 0.5) is 0 Å². The number of likely N-dealkylation sites (tertiary alicyclic amines) is 1. The minimum atomic E-state index is -0.690. The number of aliphatic hydroxyl groups is 1. The summed E-state index contributed by atoms with van der Waals surface area (Å²) in [6, 6.07) is 8.18. The van der Waals surface area contributed by atoms with Crippen molar-refractivity contribution >= 4 is 17.4 Å². The van der Waals surface area contributed by atoms with Crippen LogP contribution in [0, 0.1) is 6.92 Å². The van der Waals surface area contributed by atoms with Crippen LogP contribution in [-0.2, 0) is 9.59 Å². The number of unbranched alkanes of at least 4 members (excludes halogenated alkanes) is 1. The second-order valence-corrected chi connectivity index (χ2v) is 8.26. The van der Waals surface area contributed by atoms with E-state index < -0.39 is 17.7 Å². The van der Waals surface area contributed by atoms with Crippen molar-refractivity contribution in [1.82, 2.24) is 14.8 Å². The Morgan fingerprint density at radius 1 is 1.25 bits per heavy atom. The van der Waals surface area contributed by atoms with Crippen LogP contribution in [-0.4, -0.2) is 65.4 Å². The number of ether oxygens (including phenoxy) is 1. The van der Waals surface area contributed by atoms with Crippen LogP contribution in [0.2, 0.25) is 0 Å². The van der Waals surface area contributed by atoms with Gasteiger partial charge in [-0.05, 0) is 62.8 Å². The minimum Gasteiger partial charge on any atom is -0.507 e. The monoisotopic (exact) mass is 437 g/mol. The molecule has 32 heavy (non-hydrogen) atoms. The summed E-state index contributed by atoms with van der Waals surface area (Å²) in [5, 5.41) is 11.2. The molecule has 1 N–H and O–H groups in total. The average molecular weight is 438 g/mol. The van der Waals surface area contributed by atoms with Gasteiger partial charge in [0, 0.05) is 31.0 Å². The Kier molecular flexibility index (Phi) is 7.64. The van der Waals surface area contributed by atoms with E-state index in [4.69, 9.17) is 4.74 Å². The van der Waals surface area contributed by atoms with Crippen molar-refractivity contribution in [2.45, 2.75) is 32.7 Å². The highest BCUT2D eigenvalue weighted by Crippen LogP contribution is 2.39. The van der Waals surface area contributed by atoms with Gasteiger partial charge in [0.1, 0.15) is 11.5 Å². The lowest BCUT2D eigenvalue weighted by Crippen LogP contribution is -2.35. The molecule has 1 aromatic heterocycles. The first-order valence-electron chi connectivity index (χ1n) is 10.9. The maximum Gasteiger partial charge on any atom is 0.295 e. The predicted octanol–water partition coefficient (Wildman–Crippen LogP) is 3.55. The van der Waals surface area contributed by atoms with E-state index in [1.54, 1.807) is 36.7 Å². The normalized spacial score (nSPS) is 17.9. The van der Waals surface area contributed by atoms with Crippen LogP contribution in [0.25, 0.3) is 5.76 Å². The van der Waals surface area contributed by atoms with Crippen molar-refractivity contribution in [2.75, 3.05) is 33.8 Å². The Balaban J connectivity index is 2.03. The van der Waals surface area contributed by atoms with E-state index in [2.05, 4.69) is 11.9 Å². The van der Waals surface area contributed by atoms with Crippen molar-refractivity contribution in [3.05, 3.63) is 65.0 Å². The number of carbonyl (C=O) groups is 2. The van der Waals surface area contributed by atoms with Crippen LogP contribution in [0.3, 0.4) is 0 Å². The van der Waals surface area contributed by atoms with E-state index in [1.807, 2.05) is 32.0 Å². The number of Topliss-reactive ketones (excluding diaryl/α,β-unsaturated/α-hetero) is 1. The number of aliphatic hydroxyl groups excluding tert-OH is 1. The average Bonchev–Trinajstić information content (AvgIpc) is 3.03. The molecule has 0 aliphatic carbocycles. The number of amides is 1. The number of hydrogen-bond donors (Lipinski definition) is 1. The summed E-state index contributed by atoms with van der Waals surface area (Å²) in [6.45, 7) is 5.57. The van der Waals surface area contributed by atoms with Gasteiger partial charge in [0.2, 0.25) is 0 Å². The molecule has 0 radical (unpaired) electrons. The molecule has 1 aromatic carbocycles. The van der Waals surface area contributed by atoms with Gasteiger partial charge in [-0.1, -0.05) is 19.4 Å². The lowest BCUT2D eigenvalue weighted by Gasteiger charge is -2.26. The minimum absolute atomic E-state index is 0.0841. The lowest BCUT2D eigenvalue weighted by molar-refractivity contribution is -0.140. The summed E-state index contributed by atoms with van der Waals surface area (Å²) in [4.78, 5) is 33.5. The zero-order valence-corrected chi connectivity index (χ0v) is 19.2. The number of aryl methyl sites for hydroxylation is 1. The molecular weight excluding hydrogens is 406 g/mol. The molecule has 0 spiro atoms. The maximum atomic E-state index is 13.0. The van der Waals surface area contributed by atoms with Gasteiger partial charge in [-0.2, -0.15) is 0 Å². The van der Waals surface area contributed by atoms with Gasteiger partial charge in [-0.3, -0.25) is 14.6 Å². The van der Waals surface area contributed by atoms with E-state index >= 15 is 0 Å². The second-order valence-electron chi connectivity index (χ2n) is 8.26. The first kappa shape index (κ1) is 23.5. The predicted molar refractivity (Wildman–Crippen MR) is 123 cm³/mol.